The largest absolute Gasteiger partial charge is 0.378 e. The predicted octanol–water partition coefficient (Wildman–Crippen LogP) is 2.75. The number of nitrogens with one attached hydrogen (secondary N) is 1. The van der Waals surface area contributed by atoms with Crippen LogP contribution in [0.15, 0.2) is 22.0 Å². The molecule has 110 valence electrons. The SMILES string of the molecule is C=N/C=C(F)\C=N/CCC(CCNC)OCCCC. The van der Waals surface area contributed by atoms with Gasteiger partial charge in [-0.05, 0) is 39.6 Å². The van der Waals surface area contributed by atoms with Gasteiger partial charge in [-0.15, -0.1) is 0 Å². The molecular weight excluding hydrogens is 245 g/mol. The molecule has 0 aliphatic carbocycles. The molecule has 5 heteroatoms. The van der Waals surface area contributed by atoms with E-state index in [1.165, 1.54) is 6.21 Å². The Morgan fingerprint density at radius 1 is 1.47 bits per heavy atom. The van der Waals surface area contributed by atoms with Crippen LogP contribution in [0, 0.1) is 0 Å². The first-order valence-corrected chi connectivity index (χ1v) is 6.82. The molecule has 1 atom stereocenters. The third-order valence-corrected chi connectivity index (χ3v) is 2.58. The minimum Gasteiger partial charge on any atom is -0.378 e. The van der Waals surface area contributed by atoms with Gasteiger partial charge >= 0.3 is 0 Å². The van der Waals surface area contributed by atoms with E-state index in [4.69, 9.17) is 4.74 Å². The molecule has 0 radical (unpaired) electrons. The third-order valence-electron chi connectivity index (χ3n) is 2.58. The summed E-state index contributed by atoms with van der Waals surface area (Å²) in [6.07, 6.45) is 6.35. The number of nitrogens with zero attached hydrogens (tertiary/aromatic N) is 2. The van der Waals surface area contributed by atoms with Gasteiger partial charge in [0, 0.05) is 13.2 Å². The molecule has 1 unspecified atom stereocenters. The lowest BCUT2D eigenvalue weighted by Crippen LogP contribution is -2.21. The molecule has 0 rings (SSSR count). The molecule has 19 heavy (non-hydrogen) atoms. The van der Waals surface area contributed by atoms with E-state index in [1.54, 1.807) is 0 Å². The second kappa shape index (κ2) is 13.4. The Kier molecular flexibility index (Phi) is 12.6. The lowest BCUT2D eigenvalue weighted by molar-refractivity contribution is 0.0422. The number of hydrogen-bond acceptors (Lipinski definition) is 4. The van der Waals surface area contributed by atoms with Crippen LogP contribution in [0.25, 0.3) is 0 Å². The maximum atomic E-state index is 12.9. The molecule has 0 saturated carbocycles. The van der Waals surface area contributed by atoms with Crippen LogP contribution < -0.4 is 5.32 Å². The van der Waals surface area contributed by atoms with E-state index < -0.39 is 5.83 Å². The quantitative estimate of drug-likeness (QED) is 0.438. The fraction of sp³-hybridized carbons (Fsp3) is 0.714. The molecular formula is C14H26FN3O. The van der Waals surface area contributed by atoms with Crippen LogP contribution in [-0.4, -0.2) is 45.8 Å². The fourth-order valence-corrected chi connectivity index (χ4v) is 1.50. The highest BCUT2D eigenvalue weighted by molar-refractivity contribution is 5.75. The van der Waals surface area contributed by atoms with Crippen molar-refractivity contribution in [2.45, 2.75) is 38.7 Å². The van der Waals surface area contributed by atoms with Crippen LogP contribution in [-0.2, 0) is 4.74 Å². The Labute approximate surface area is 115 Å². The molecule has 0 aromatic carbocycles. The molecule has 4 nitrogen and oxygen atoms in total. The average molecular weight is 271 g/mol. The molecule has 1 N–H and O–H groups in total. The third kappa shape index (κ3) is 11.7. The second-order valence-corrected chi connectivity index (χ2v) is 4.26. The summed E-state index contributed by atoms with van der Waals surface area (Å²) in [5.74, 6) is -0.478. The van der Waals surface area contributed by atoms with Crippen molar-refractivity contribution in [3.63, 3.8) is 0 Å². The topological polar surface area (TPSA) is 46.0 Å². The highest BCUT2D eigenvalue weighted by atomic mass is 19.1. The van der Waals surface area contributed by atoms with Crippen LogP contribution in [0.1, 0.15) is 32.6 Å². The van der Waals surface area contributed by atoms with Crippen LogP contribution in [0.2, 0.25) is 0 Å². The van der Waals surface area contributed by atoms with Crippen molar-refractivity contribution in [3.8, 4) is 0 Å². The van der Waals surface area contributed by atoms with Gasteiger partial charge < -0.3 is 10.1 Å². The van der Waals surface area contributed by atoms with Gasteiger partial charge in [0.1, 0.15) is 0 Å². The minimum absolute atomic E-state index is 0.181. The van der Waals surface area contributed by atoms with Gasteiger partial charge in [-0.3, -0.25) is 9.98 Å². The maximum Gasteiger partial charge on any atom is 0.159 e. The van der Waals surface area contributed by atoms with Gasteiger partial charge in [0.25, 0.3) is 0 Å². The second-order valence-electron chi connectivity index (χ2n) is 4.26. The van der Waals surface area contributed by atoms with E-state index >= 15 is 0 Å². The number of ether oxygens (including phenoxy) is 1. The number of allylic oxidation sites excluding steroid dienone is 1. The van der Waals surface area contributed by atoms with Crippen molar-refractivity contribution in [3.05, 3.63) is 12.0 Å². The highest BCUT2D eigenvalue weighted by Gasteiger charge is 2.07. The van der Waals surface area contributed by atoms with E-state index in [-0.39, 0.29) is 6.10 Å². The Morgan fingerprint density at radius 2 is 2.26 bits per heavy atom. The Hall–Kier alpha value is -1.07. The summed E-state index contributed by atoms with van der Waals surface area (Å²) in [6, 6.07) is 0. The summed E-state index contributed by atoms with van der Waals surface area (Å²) in [5.41, 5.74) is 0. The smallest absolute Gasteiger partial charge is 0.159 e. The lowest BCUT2D eigenvalue weighted by Gasteiger charge is -2.16. The van der Waals surface area contributed by atoms with E-state index in [9.17, 15) is 4.39 Å². The summed E-state index contributed by atoms with van der Waals surface area (Å²) in [5, 5.41) is 3.11. The normalized spacial score (nSPS) is 13.9. The van der Waals surface area contributed by atoms with Crippen molar-refractivity contribution >= 4 is 12.9 Å². The van der Waals surface area contributed by atoms with Crippen LogP contribution in [0.4, 0.5) is 4.39 Å². The van der Waals surface area contributed by atoms with Crippen molar-refractivity contribution in [2.75, 3.05) is 26.7 Å². The minimum atomic E-state index is -0.478. The number of unbranched alkanes of at least 4 members (excludes halogenated alkanes) is 1. The van der Waals surface area contributed by atoms with Gasteiger partial charge in [0.05, 0.1) is 18.5 Å². The predicted molar refractivity (Wildman–Crippen MR) is 79.9 cm³/mol. The van der Waals surface area contributed by atoms with Crippen LogP contribution >= 0.6 is 0 Å². The number of rotatable bonds is 12. The van der Waals surface area contributed by atoms with Gasteiger partial charge in [-0.1, -0.05) is 13.3 Å². The lowest BCUT2D eigenvalue weighted by atomic mass is 10.2. The van der Waals surface area contributed by atoms with Crippen molar-refractivity contribution in [1.82, 2.24) is 5.32 Å². The molecule has 0 saturated heterocycles. The molecule has 0 amide bonds. The first kappa shape index (κ1) is 17.9. The molecule has 0 heterocycles. The number of hydrogen-bond donors (Lipinski definition) is 1. The van der Waals surface area contributed by atoms with Crippen LogP contribution in [0.3, 0.4) is 0 Å². The fourth-order valence-electron chi connectivity index (χ4n) is 1.50. The molecule has 0 aromatic rings. The standard InChI is InChI=1S/C14H26FN3O/c1-4-5-10-19-14(6-8-16-2)7-9-18-12-13(15)11-17-3/h11-12,14,16H,3-10H2,1-2H3/b13-11+,18-12-. The first-order chi connectivity index (χ1) is 9.24. The van der Waals surface area contributed by atoms with E-state index in [0.29, 0.717) is 6.54 Å². The summed E-state index contributed by atoms with van der Waals surface area (Å²) < 4.78 is 18.7. The zero-order valence-electron chi connectivity index (χ0n) is 12.1. The molecule has 0 aromatic heterocycles. The average Bonchev–Trinajstić information content (AvgIpc) is 2.40. The zero-order valence-corrected chi connectivity index (χ0v) is 12.1. The monoisotopic (exact) mass is 271 g/mol. The van der Waals surface area contributed by atoms with Crippen LogP contribution in [0.5, 0.6) is 0 Å². The summed E-state index contributed by atoms with van der Waals surface area (Å²) >= 11 is 0. The number of halogens is 1. The van der Waals surface area contributed by atoms with E-state index in [2.05, 4.69) is 28.9 Å². The van der Waals surface area contributed by atoms with Gasteiger partial charge in [0.2, 0.25) is 0 Å². The van der Waals surface area contributed by atoms with Gasteiger partial charge in [-0.2, -0.15) is 0 Å². The Bertz CT molecular complexity index is 280. The number of aliphatic imine (C=N–C) groups is 2. The van der Waals surface area contributed by atoms with Crippen molar-refractivity contribution < 1.29 is 9.13 Å². The molecule has 0 aliphatic rings. The van der Waals surface area contributed by atoms with Crippen molar-refractivity contribution in [2.24, 2.45) is 9.98 Å². The summed E-state index contributed by atoms with van der Waals surface area (Å²) in [7, 11) is 1.92. The van der Waals surface area contributed by atoms with E-state index in [1.807, 2.05) is 7.05 Å². The Morgan fingerprint density at radius 3 is 2.89 bits per heavy atom. The van der Waals surface area contributed by atoms with Crippen molar-refractivity contribution in [1.29, 1.82) is 0 Å². The van der Waals surface area contributed by atoms with Gasteiger partial charge in [-0.25, -0.2) is 4.39 Å². The maximum absolute atomic E-state index is 12.9. The molecule has 0 bridgehead atoms. The summed E-state index contributed by atoms with van der Waals surface area (Å²) in [6.45, 7) is 7.56. The Balaban J connectivity index is 3.95. The zero-order chi connectivity index (χ0) is 14.3. The summed E-state index contributed by atoms with van der Waals surface area (Å²) in [4.78, 5) is 7.34. The highest BCUT2D eigenvalue weighted by Crippen LogP contribution is 2.05. The molecule has 0 spiro atoms. The molecule has 0 fully saturated rings. The van der Waals surface area contributed by atoms with Gasteiger partial charge in [0.15, 0.2) is 5.83 Å². The van der Waals surface area contributed by atoms with E-state index in [0.717, 1.165) is 45.0 Å². The first-order valence-electron chi connectivity index (χ1n) is 6.82. The molecule has 0 aliphatic heterocycles.